The summed E-state index contributed by atoms with van der Waals surface area (Å²) in [5.74, 6) is 0. The van der Waals surface area contributed by atoms with E-state index in [4.69, 9.17) is 0 Å². The van der Waals surface area contributed by atoms with Crippen molar-refractivity contribution in [1.82, 2.24) is 0 Å². The molecular weight excluding hydrogens is 120 g/mol. The summed E-state index contributed by atoms with van der Waals surface area (Å²) in [6.45, 7) is 4.51. The van der Waals surface area contributed by atoms with Crippen LogP contribution >= 0.6 is 0 Å². The molecule has 0 aromatic heterocycles. The van der Waals surface area contributed by atoms with Gasteiger partial charge in [0.15, 0.2) is 0 Å². The van der Waals surface area contributed by atoms with Crippen molar-refractivity contribution in [2.24, 2.45) is 0 Å². The summed E-state index contributed by atoms with van der Waals surface area (Å²) < 4.78 is 0. The molecule has 0 saturated heterocycles. The van der Waals surface area contributed by atoms with Crippen molar-refractivity contribution in [1.29, 1.82) is 0 Å². The van der Waals surface area contributed by atoms with E-state index in [9.17, 15) is 0 Å². The van der Waals surface area contributed by atoms with Gasteiger partial charge in [0, 0.05) is 0 Å². The summed E-state index contributed by atoms with van der Waals surface area (Å²) in [6, 6.07) is 0. The van der Waals surface area contributed by atoms with Crippen LogP contribution in [-0.4, -0.2) is 23.1 Å². The Morgan fingerprint density at radius 1 is 0.778 bits per heavy atom. The summed E-state index contributed by atoms with van der Waals surface area (Å²) in [6.07, 6.45) is 8.49. The Kier molecular flexibility index (Phi) is 16.0. The molecule has 0 spiro atoms. The van der Waals surface area contributed by atoms with Crippen molar-refractivity contribution in [2.45, 2.75) is 52.4 Å². The Labute approximate surface area is 78.5 Å². The van der Waals surface area contributed by atoms with E-state index in [1.54, 1.807) is 0 Å². The molecular formula is C8H20Mg. The molecule has 0 rings (SSSR count). The van der Waals surface area contributed by atoms with E-state index in [-0.39, 0.29) is 25.9 Å². The Hall–Kier alpha value is 0.766. The fraction of sp³-hybridized carbons (Fsp3) is 1.00. The Bertz CT molecular complexity index is 37.1. The first kappa shape index (κ1) is 12.4. The molecule has 0 aliphatic heterocycles. The third-order valence-corrected chi connectivity index (χ3v) is 1.46. The van der Waals surface area contributed by atoms with Crippen LogP contribution in [0.2, 0.25) is 0 Å². The molecule has 0 fully saturated rings. The topological polar surface area (TPSA) is 0 Å². The minimum atomic E-state index is 0. The molecule has 0 bridgehead atoms. The summed E-state index contributed by atoms with van der Waals surface area (Å²) >= 11 is 0. The Morgan fingerprint density at radius 2 is 1.11 bits per heavy atom. The van der Waals surface area contributed by atoms with E-state index >= 15 is 0 Å². The molecule has 0 amide bonds. The molecule has 0 heterocycles. The van der Waals surface area contributed by atoms with Gasteiger partial charge in [-0.1, -0.05) is 52.4 Å². The van der Waals surface area contributed by atoms with Gasteiger partial charge < -0.3 is 2.85 Å². The zero-order chi connectivity index (χ0) is 6.24. The van der Waals surface area contributed by atoms with Gasteiger partial charge in [-0.25, -0.2) is 0 Å². The van der Waals surface area contributed by atoms with E-state index in [2.05, 4.69) is 13.8 Å². The smallest absolute Gasteiger partial charge is 1.00 e. The van der Waals surface area contributed by atoms with Gasteiger partial charge in [-0.3, -0.25) is 0 Å². The second kappa shape index (κ2) is 11.5. The van der Waals surface area contributed by atoms with E-state index in [0.29, 0.717) is 0 Å². The zero-order valence-corrected chi connectivity index (χ0v) is 8.36. The number of unbranched alkanes of at least 4 members (excludes halogenated alkanes) is 5. The van der Waals surface area contributed by atoms with Crippen LogP contribution in [0.3, 0.4) is 0 Å². The maximum atomic E-state index is 2.26. The average Bonchev–Trinajstić information content (AvgIpc) is 1.81. The van der Waals surface area contributed by atoms with Crippen LogP contribution in [0, 0.1) is 0 Å². The second-order valence-electron chi connectivity index (χ2n) is 2.41. The predicted molar refractivity (Wildman–Crippen MR) is 47.0 cm³/mol. The first-order valence-electron chi connectivity index (χ1n) is 3.91. The molecule has 0 unspecified atom stereocenters. The molecule has 0 aliphatic rings. The monoisotopic (exact) mass is 140 g/mol. The zero-order valence-electron chi connectivity index (χ0n) is 8.95. The summed E-state index contributed by atoms with van der Waals surface area (Å²) in [4.78, 5) is 0. The van der Waals surface area contributed by atoms with Gasteiger partial charge in [0.05, 0.1) is 0 Å². The molecule has 0 saturated carbocycles. The van der Waals surface area contributed by atoms with Gasteiger partial charge >= 0.3 is 23.1 Å². The molecule has 0 aromatic rings. The van der Waals surface area contributed by atoms with Crippen LogP contribution in [0.5, 0.6) is 0 Å². The van der Waals surface area contributed by atoms with Crippen molar-refractivity contribution in [3.8, 4) is 0 Å². The average molecular weight is 141 g/mol. The maximum absolute atomic E-state index is 2.26. The fourth-order valence-electron chi connectivity index (χ4n) is 0.854. The quantitative estimate of drug-likeness (QED) is 0.406. The van der Waals surface area contributed by atoms with Gasteiger partial charge in [0.2, 0.25) is 0 Å². The van der Waals surface area contributed by atoms with Crippen LogP contribution in [0.25, 0.3) is 0 Å². The Balaban J connectivity index is -0.0000000817. The largest absolute Gasteiger partial charge is 2.00 e. The van der Waals surface area contributed by atoms with Crippen molar-refractivity contribution in [3.05, 3.63) is 0 Å². The first-order chi connectivity index (χ1) is 3.91. The van der Waals surface area contributed by atoms with Crippen LogP contribution in [0.1, 0.15) is 55.2 Å². The predicted octanol–water partition coefficient (Wildman–Crippen LogP) is 3.21. The summed E-state index contributed by atoms with van der Waals surface area (Å²) in [5.41, 5.74) is 0. The maximum Gasteiger partial charge on any atom is 2.00 e. The van der Waals surface area contributed by atoms with Crippen LogP contribution in [0.4, 0.5) is 0 Å². The standard InChI is InChI=1S/C8H18.Mg.2H/c1-3-5-7-8-6-4-2;;;/h3-8H2,1-2H3;;;/q;+2;2*-1. The van der Waals surface area contributed by atoms with Crippen LogP contribution < -0.4 is 0 Å². The van der Waals surface area contributed by atoms with Crippen molar-refractivity contribution < 1.29 is 2.85 Å². The SMILES string of the molecule is CCCCCCCC.[H-].[H-].[Mg+2]. The van der Waals surface area contributed by atoms with Crippen LogP contribution in [0.15, 0.2) is 0 Å². The van der Waals surface area contributed by atoms with Crippen molar-refractivity contribution in [2.75, 3.05) is 0 Å². The normalized spacial score (nSPS) is 8.67. The second-order valence-corrected chi connectivity index (χ2v) is 2.41. The number of hydrogen-bond acceptors (Lipinski definition) is 0. The molecule has 0 atom stereocenters. The van der Waals surface area contributed by atoms with E-state index in [0.717, 1.165) is 0 Å². The van der Waals surface area contributed by atoms with E-state index < -0.39 is 0 Å². The summed E-state index contributed by atoms with van der Waals surface area (Å²) in [7, 11) is 0. The van der Waals surface area contributed by atoms with Gasteiger partial charge in [0.1, 0.15) is 0 Å². The minimum absolute atomic E-state index is 0. The first-order valence-corrected chi connectivity index (χ1v) is 3.91. The third kappa shape index (κ3) is 12.1. The molecule has 0 radical (unpaired) electrons. The molecule has 0 aromatic carbocycles. The van der Waals surface area contributed by atoms with Crippen LogP contribution in [-0.2, 0) is 0 Å². The molecule has 0 N–H and O–H groups in total. The Morgan fingerprint density at radius 3 is 1.33 bits per heavy atom. The van der Waals surface area contributed by atoms with E-state index in [1.165, 1.54) is 38.5 Å². The molecule has 54 valence electrons. The van der Waals surface area contributed by atoms with E-state index in [1.807, 2.05) is 0 Å². The van der Waals surface area contributed by atoms with Gasteiger partial charge in [0.25, 0.3) is 0 Å². The molecule has 9 heavy (non-hydrogen) atoms. The van der Waals surface area contributed by atoms with Crippen molar-refractivity contribution >= 4 is 23.1 Å². The number of hydrogen-bond donors (Lipinski definition) is 0. The number of rotatable bonds is 5. The summed E-state index contributed by atoms with van der Waals surface area (Å²) in [5, 5.41) is 0. The molecule has 1 heteroatoms. The fourth-order valence-corrected chi connectivity index (χ4v) is 0.854. The van der Waals surface area contributed by atoms with Gasteiger partial charge in [-0.05, 0) is 0 Å². The van der Waals surface area contributed by atoms with Gasteiger partial charge in [-0.2, -0.15) is 0 Å². The molecule has 0 nitrogen and oxygen atoms in total. The molecule has 0 aliphatic carbocycles. The minimum Gasteiger partial charge on any atom is -1.00 e. The van der Waals surface area contributed by atoms with Gasteiger partial charge in [-0.15, -0.1) is 0 Å². The third-order valence-electron chi connectivity index (χ3n) is 1.46. The van der Waals surface area contributed by atoms with Crippen molar-refractivity contribution in [3.63, 3.8) is 0 Å².